The molecule has 1 aromatic carbocycles. The minimum absolute atomic E-state index is 0.0789. The van der Waals surface area contributed by atoms with E-state index in [0.717, 1.165) is 0 Å². The third-order valence-corrected chi connectivity index (χ3v) is 6.69. The Bertz CT molecular complexity index is 968. The number of sulfonamides is 1. The standard InChI is InChI=1S/C18H23FN4O4S/c1-13-18(28(25,26)22-8-10-27-11-9-22)14(2)23(21-13)7-6-17(24)20-16-5-3-4-15(19)12-16/h3-5,12H,6-11H2,1-2H3,(H,20,24). The van der Waals surface area contributed by atoms with Crippen LogP contribution in [0.15, 0.2) is 29.2 Å². The lowest BCUT2D eigenvalue weighted by atomic mass is 10.3. The van der Waals surface area contributed by atoms with Crippen molar-refractivity contribution in [2.24, 2.45) is 0 Å². The van der Waals surface area contributed by atoms with Crippen LogP contribution in [0.1, 0.15) is 17.8 Å². The molecular formula is C18H23FN4O4S. The van der Waals surface area contributed by atoms with Gasteiger partial charge < -0.3 is 10.1 Å². The summed E-state index contributed by atoms with van der Waals surface area (Å²) >= 11 is 0. The van der Waals surface area contributed by atoms with Crippen molar-refractivity contribution >= 4 is 21.6 Å². The average Bonchev–Trinajstić information content (AvgIpc) is 2.95. The SMILES string of the molecule is Cc1nn(CCC(=O)Nc2cccc(F)c2)c(C)c1S(=O)(=O)N1CCOCC1. The summed E-state index contributed by atoms with van der Waals surface area (Å²) in [5.74, 6) is -0.745. The second-order valence-corrected chi connectivity index (χ2v) is 8.42. The predicted octanol–water partition coefficient (Wildman–Crippen LogP) is 1.69. The minimum Gasteiger partial charge on any atom is -0.379 e. The van der Waals surface area contributed by atoms with Gasteiger partial charge >= 0.3 is 0 Å². The van der Waals surface area contributed by atoms with Crippen molar-refractivity contribution in [2.45, 2.75) is 31.7 Å². The smallest absolute Gasteiger partial charge is 0.246 e. The van der Waals surface area contributed by atoms with Crippen molar-refractivity contribution in [1.29, 1.82) is 0 Å². The monoisotopic (exact) mass is 410 g/mol. The zero-order valence-electron chi connectivity index (χ0n) is 15.8. The first-order chi connectivity index (χ1) is 13.3. The van der Waals surface area contributed by atoms with E-state index in [2.05, 4.69) is 10.4 Å². The van der Waals surface area contributed by atoms with E-state index < -0.39 is 15.8 Å². The summed E-state index contributed by atoms with van der Waals surface area (Å²) in [4.78, 5) is 12.3. The molecule has 0 bridgehead atoms. The molecule has 0 aliphatic carbocycles. The number of halogens is 1. The maximum Gasteiger partial charge on any atom is 0.246 e. The summed E-state index contributed by atoms with van der Waals surface area (Å²) in [7, 11) is -3.67. The molecule has 2 aromatic rings. The molecule has 1 fully saturated rings. The Morgan fingerprint density at radius 3 is 2.68 bits per heavy atom. The molecule has 0 radical (unpaired) electrons. The molecule has 1 aliphatic heterocycles. The third-order valence-electron chi connectivity index (χ3n) is 4.54. The molecule has 0 saturated carbocycles. The van der Waals surface area contributed by atoms with Gasteiger partial charge in [0.1, 0.15) is 10.7 Å². The number of ether oxygens (including phenoxy) is 1. The second kappa shape index (κ2) is 8.38. The van der Waals surface area contributed by atoms with E-state index >= 15 is 0 Å². The highest BCUT2D eigenvalue weighted by Gasteiger charge is 2.32. The molecule has 152 valence electrons. The van der Waals surface area contributed by atoms with Gasteiger partial charge in [0.25, 0.3) is 0 Å². The van der Waals surface area contributed by atoms with Crippen LogP contribution < -0.4 is 5.32 Å². The lowest BCUT2D eigenvalue weighted by Gasteiger charge is -2.26. The van der Waals surface area contributed by atoms with Gasteiger partial charge in [0.15, 0.2) is 0 Å². The van der Waals surface area contributed by atoms with Gasteiger partial charge in [0.2, 0.25) is 15.9 Å². The Hall–Kier alpha value is -2.30. The Morgan fingerprint density at radius 2 is 2.00 bits per heavy atom. The average molecular weight is 410 g/mol. The summed E-state index contributed by atoms with van der Waals surface area (Å²) in [6, 6.07) is 5.63. The topological polar surface area (TPSA) is 93.5 Å². The number of carbonyl (C=O) groups excluding carboxylic acids is 1. The van der Waals surface area contributed by atoms with Crippen LogP contribution in [-0.2, 0) is 26.1 Å². The maximum absolute atomic E-state index is 13.2. The highest BCUT2D eigenvalue weighted by molar-refractivity contribution is 7.89. The van der Waals surface area contributed by atoms with Crippen LogP contribution in [0.3, 0.4) is 0 Å². The molecule has 0 spiro atoms. The number of morpholine rings is 1. The molecule has 8 nitrogen and oxygen atoms in total. The van der Waals surface area contributed by atoms with E-state index in [1.54, 1.807) is 19.9 Å². The molecular weight excluding hydrogens is 387 g/mol. The summed E-state index contributed by atoms with van der Waals surface area (Å²) < 4.78 is 47.3. The van der Waals surface area contributed by atoms with Crippen LogP contribution in [0.5, 0.6) is 0 Å². The Morgan fingerprint density at radius 1 is 1.29 bits per heavy atom. The lowest BCUT2D eigenvalue weighted by molar-refractivity contribution is -0.116. The van der Waals surface area contributed by atoms with Crippen LogP contribution in [0, 0.1) is 19.7 Å². The van der Waals surface area contributed by atoms with Gasteiger partial charge in [0.05, 0.1) is 31.1 Å². The van der Waals surface area contributed by atoms with Gasteiger partial charge in [-0.2, -0.15) is 9.40 Å². The minimum atomic E-state index is -3.67. The molecule has 1 aliphatic rings. The first-order valence-corrected chi connectivity index (χ1v) is 10.4. The Kier molecular flexibility index (Phi) is 6.11. The zero-order valence-corrected chi connectivity index (χ0v) is 16.6. The first-order valence-electron chi connectivity index (χ1n) is 8.96. The lowest BCUT2D eigenvalue weighted by Crippen LogP contribution is -2.41. The fourth-order valence-electron chi connectivity index (χ4n) is 3.18. The molecule has 0 unspecified atom stereocenters. The van der Waals surface area contributed by atoms with E-state index in [1.165, 1.54) is 27.2 Å². The van der Waals surface area contributed by atoms with E-state index in [-0.39, 0.29) is 23.8 Å². The zero-order chi connectivity index (χ0) is 20.3. The molecule has 10 heteroatoms. The number of hydrogen-bond acceptors (Lipinski definition) is 5. The number of amides is 1. The van der Waals surface area contributed by atoms with Crippen molar-refractivity contribution in [1.82, 2.24) is 14.1 Å². The molecule has 1 N–H and O–H groups in total. The number of nitrogens with zero attached hydrogens (tertiary/aromatic N) is 3. The third kappa shape index (κ3) is 4.40. The van der Waals surface area contributed by atoms with Crippen molar-refractivity contribution in [3.05, 3.63) is 41.5 Å². The molecule has 1 saturated heterocycles. The second-order valence-electron chi connectivity index (χ2n) is 6.55. The molecule has 1 amide bonds. The predicted molar refractivity (Wildman–Crippen MR) is 101 cm³/mol. The van der Waals surface area contributed by atoms with E-state index in [0.29, 0.717) is 43.4 Å². The Balaban J connectivity index is 1.70. The Labute approximate surface area is 163 Å². The van der Waals surface area contributed by atoms with Gasteiger partial charge in [-0.15, -0.1) is 0 Å². The van der Waals surface area contributed by atoms with E-state index in [4.69, 9.17) is 4.74 Å². The highest BCUT2D eigenvalue weighted by atomic mass is 32.2. The van der Waals surface area contributed by atoms with Crippen LogP contribution in [0.4, 0.5) is 10.1 Å². The summed E-state index contributed by atoms with van der Waals surface area (Å²) in [5.41, 5.74) is 1.26. The number of hydrogen-bond donors (Lipinski definition) is 1. The first kappa shape index (κ1) is 20.4. The normalized spacial score (nSPS) is 15.5. The fourth-order valence-corrected chi connectivity index (χ4v) is 4.97. The van der Waals surface area contributed by atoms with Gasteiger partial charge in [-0.3, -0.25) is 9.48 Å². The number of carbonyl (C=O) groups is 1. The highest BCUT2D eigenvalue weighted by Crippen LogP contribution is 2.24. The molecule has 2 heterocycles. The van der Waals surface area contributed by atoms with Gasteiger partial charge in [0, 0.05) is 25.2 Å². The van der Waals surface area contributed by atoms with Crippen molar-refractivity contribution in [2.75, 3.05) is 31.6 Å². The number of anilines is 1. The van der Waals surface area contributed by atoms with E-state index in [9.17, 15) is 17.6 Å². The maximum atomic E-state index is 13.2. The largest absolute Gasteiger partial charge is 0.379 e. The van der Waals surface area contributed by atoms with Crippen LogP contribution in [0.2, 0.25) is 0 Å². The molecule has 28 heavy (non-hydrogen) atoms. The molecule has 1 aromatic heterocycles. The van der Waals surface area contributed by atoms with Crippen molar-refractivity contribution < 1.29 is 22.3 Å². The number of aryl methyl sites for hydroxylation is 2. The van der Waals surface area contributed by atoms with Gasteiger partial charge in [-0.05, 0) is 32.0 Å². The number of aromatic nitrogens is 2. The van der Waals surface area contributed by atoms with Gasteiger partial charge in [-0.1, -0.05) is 6.07 Å². The summed E-state index contributed by atoms with van der Waals surface area (Å²) in [6.07, 6.45) is 0.0789. The number of nitrogens with one attached hydrogen (secondary N) is 1. The number of benzene rings is 1. The number of rotatable bonds is 6. The van der Waals surface area contributed by atoms with Crippen LogP contribution in [0.25, 0.3) is 0 Å². The van der Waals surface area contributed by atoms with Gasteiger partial charge in [-0.25, -0.2) is 12.8 Å². The fraction of sp³-hybridized carbons (Fsp3) is 0.444. The van der Waals surface area contributed by atoms with Crippen LogP contribution >= 0.6 is 0 Å². The van der Waals surface area contributed by atoms with Crippen molar-refractivity contribution in [3.8, 4) is 0 Å². The summed E-state index contributed by atoms with van der Waals surface area (Å²) in [5, 5.41) is 6.92. The summed E-state index contributed by atoms with van der Waals surface area (Å²) in [6.45, 7) is 4.89. The van der Waals surface area contributed by atoms with Crippen LogP contribution in [-0.4, -0.2) is 54.7 Å². The molecule has 3 rings (SSSR count). The van der Waals surface area contributed by atoms with Crippen molar-refractivity contribution in [3.63, 3.8) is 0 Å². The quantitative estimate of drug-likeness (QED) is 0.782. The molecule has 0 atom stereocenters. The van der Waals surface area contributed by atoms with E-state index in [1.807, 2.05) is 0 Å².